The molecule has 1 saturated carbocycles. The molecule has 1 aromatic rings. The average molecular weight is 457 g/mol. The summed E-state index contributed by atoms with van der Waals surface area (Å²) >= 11 is 0. The second-order valence-corrected chi connectivity index (χ2v) is 8.78. The van der Waals surface area contributed by atoms with Crippen molar-refractivity contribution in [3.63, 3.8) is 0 Å². The second kappa shape index (κ2) is 11.7. The summed E-state index contributed by atoms with van der Waals surface area (Å²) in [5.41, 5.74) is -0.847. The molecule has 1 aromatic carbocycles. The van der Waals surface area contributed by atoms with E-state index in [0.717, 1.165) is 6.42 Å². The number of hydrogen-bond donors (Lipinski definition) is 0. The lowest BCUT2D eigenvalue weighted by Crippen LogP contribution is -2.31. The minimum Gasteiger partial charge on any atom is -0.465 e. The zero-order valence-electron chi connectivity index (χ0n) is 19.3. The standard InChI is InChI=1S/C25H35F3O4/c1-5-30-22(17-19-9-7-6-8-10-19)31-21-13-11-20(12-14-21)24(4,15-16-25(26,27)28)32-23(29)18(2)3/h11-14,19,22H,2,5-10,15-17H2,1,3-4H3. The Morgan fingerprint density at radius 2 is 1.75 bits per heavy atom. The number of hydrogen-bond acceptors (Lipinski definition) is 4. The van der Waals surface area contributed by atoms with Crippen molar-refractivity contribution >= 4 is 5.97 Å². The van der Waals surface area contributed by atoms with Crippen molar-refractivity contribution in [3.8, 4) is 5.75 Å². The first-order chi connectivity index (χ1) is 15.0. The first kappa shape index (κ1) is 26.2. The van der Waals surface area contributed by atoms with Gasteiger partial charge in [0.1, 0.15) is 11.4 Å². The molecule has 2 atom stereocenters. The van der Waals surface area contributed by atoms with E-state index < -0.39 is 24.2 Å². The molecule has 2 unspecified atom stereocenters. The number of carbonyl (C=O) groups excluding carboxylic acids is 1. The van der Waals surface area contributed by atoms with Gasteiger partial charge in [-0.1, -0.05) is 50.8 Å². The summed E-state index contributed by atoms with van der Waals surface area (Å²) in [4.78, 5) is 12.1. The zero-order valence-corrected chi connectivity index (χ0v) is 19.3. The quantitative estimate of drug-likeness (QED) is 0.203. The maximum absolute atomic E-state index is 12.9. The Bertz CT molecular complexity index is 739. The van der Waals surface area contributed by atoms with Crippen LogP contribution in [0, 0.1) is 5.92 Å². The Hall–Kier alpha value is -2.02. The summed E-state index contributed by atoms with van der Waals surface area (Å²) < 4.78 is 55.9. The van der Waals surface area contributed by atoms with Crippen LogP contribution < -0.4 is 4.74 Å². The Morgan fingerprint density at radius 1 is 1.12 bits per heavy atom. The summed E-state index contributed by atoms with van der Waals surface area (Å²) in [5.74, 6) is 0.415. The van der Waals surface area contributed by atoms with Crippen LogP contribution in [-0.2, 0) is 19.9 Å². The predicted octanol–water partition coefficient (Wildman–Crippen LogP) is 7.08. The van der Waals surface area contributed by atoms with Gasteiger partial charge in [0.15, 0.2) is 6.29 Å². The van der Waals surface area contributed by atoms with Gasteiger partial charge in [-0.05, 0) is 50.8 Å². The fraction of sp³-hybridized carbons (Fsp3) is 0.640. The van der Waals surface area contributed by atoms with E-state index in [0.29, 0.717) is 23.8 Å². The van der Waals surface area contributed by atoms with Crippen LogP contribution in [0.2, 0.25) is 0 Å². The van der Waals surface area contributed by atoms with Crippen molar-refractivity contribution in [2.45, 2.75) is 90.2 Å². The molecule has 4 nitrogen and oxygen atoms in total. The molecule has 7 heteroatoms. The van der Waals surface area contributed by atoms with E-state index in [2.05, 4.69) is 6.58 Å². The van der Waals surface area contributed by atoms with Crippen LogP contribution >= 0.6 is 0 Å². The van der Waals surface area contributed by atoms with Crippen LogP contribution in [0.4, 0.5) is 13.2 Å². The van der Waals surface area contributed by atoms with Gasteiger partial charge >= 0.3 is 12.1 Å². The van der Waals surface area contributed by atoms with Gasteiger partial charge in [0.05, 0.1) is 0 Å². The van der Waals surface area contributed by atoms with E-state index in [4.69, 9.17) is 14.2 Å². The first-order valence-electron chi connectivity index (χ1n) is 11.4. The monoisotopic (exact) mass is 456 g/mol. The third kappa shape index (κ3) is 8.49. The minimum atomic E-state index is -4.36. The van der Waals surface area contributed by atoms with Gasteiger partial charge in [-0.3, -0.25) is 0 Å². The van der Waals surface area contributed by atoms with E-state index in [1.165, 1.54) is 46.0 Å². The Morgan fingerprint density at radius 3 is 2.28 bits per heavy atom. The third-order valence-corrected chi connectivity index (χ3v) is 5.89. The largest absolute Gasteiger partial charge is 0.465 e. The maximum Gasteiger partial charge on any atom is 0.389 e. The lowest BCUT2D eigenvalue weighted by atomic mass is 9.87. The Balaban J connectivity index is 2.13. The molecule has 0 amide bonds. The van der Waals surface area contributed by atoms with Crippen LogP contribution in [0.15, 0.2) is 36.4 Å². The molecule has 0 saturated heterocycles. The molecule has 180 valence electrons. The lowest BCUT2D eigenvalue weighted by molar-refractivity contribution is -0.167. The van der Waals surface area contributed by atoms with Crippen molar-refractivity contribution < 1.29 is 32.2 Å². The molecule has 32 heavy (non-hydrogen) atoms. The highest BCUT2D eigenvalue weighted by atomic mass is 19.4. The van der Waals surface area contributed by atoms with Crippen LogP contribution in [0.25, 0.3) is 0 Å². The van der Waals surface area contributed by atoms with Crippen LogP contribution in [-0.4, -0.2) is 25.0 Å². The van der Waals surface area contributed by atoms with Gasteiger partial charge in [0.25, 0.3) is 0 Å². The summed E-state index contributed by atoms with van der Waals surface area (Å²) in [5, 5.41) is 0. The molecule has 0 radical (unpaired) electrons. The summed E-state index contributed by atoms with van der Waals surface area (Å²) in [6.45, 7) is 8.92. The second-order valence-electron chi connectivity index (χ2n) is 8.78. The number of benzene rings is 1. The number of alkyl halides is 3. The summed E-state index contributed by atoms with van der Waals surface area (Å²) in [7, 11) is 0. The molecular weight excluding hydrogens is 421 g/mol. The molecule has 0 heterocycles. The van der Waals surface area contributed by atoms with Crippen LogP contribution in [0.1, 0.15) is 77.7 Å². The molecule has 0 N–H and O–H groups in total. The van der Waals surface area contributed by atoms with Crippen molar-refractivity contribution in [2.75, 3.05) is 6.61 Å². The zero-order chi connectivity index (χ0) is 23.8. The van der Waals surface area contributed by atoms with Crippen LogP contribution in [0.5, 0.6) is 5.75 Å². The Kier molecular flexibility index (Phi) is 9.62. The number of carbonyl (C=O) groups is 1. The van der Waals surface area contributed by atoms with Gasteiger partial charge < -0.3 is 14.2 Å². The Labute approximate surface area is 189 Å². The predicted molar refractivity (Wildman–Crippen MR) is 117 cm³/mol. The normalized spacial score (nSPS) is 17.9. The highest BCUT2D eigenvalue weighted by Crippen LogP contribution is 2.37. The van der Waals surface area contributed by atoms with Gasteiger partial charge in [0, 0.05) is 25.0 Å². The number of esters is 1. The number of rotatable bonds is 11. The molecule has 1 fully saturated rings. The van der Waals surface area contributed by atoms with Crippen molar-refractivity contribution in [3.05, 3.63) is 42.0 Å². The average Bonchev–Trinajstić information content (AvgIpc) is 2.73. The molecule has 0 spiro atoms. The van der Waals surface area contributed by atoms with E-state index >= 15 is 0 Å². The van der Waals surface area contributed by atoms with E-state index in [9.17, 15) is 18.0 Å². The number of ether oxygens (including phenoxy) is 3. The molecule has 1 aliphatic carbocycles. The molecule has 0 bridgehead atoms. The SMILES string of the molecule is C=C(C)C(=O)OC(C)(CCC(F)(F)F)c1ccc(OC(CC2CCCCC2)OCC)cc1. The van der Waals surface area contributed by atoms with Gasteiger partial charge in [-0.2, -0.15) is 13.2 Å². The molecular formula is C25H35F3O4. The number of halogens is 3. The molecule has 2 rings (SSSR count). The lowest BCUT2D eigenvalue weighted by Gasteiger charge is -2.31. The summed E-state index contributed by atoms with van der Waals surface area (Å²) in [6, 6.07) is 6.65. The van der Waals surface area contributed by atoms with Crippen molar-refractivity contribution in [1.29, 1.82) is 0 Å². The van der Waals surface area contributed by atoms with Crippen molar-refractivity contribution in [2.24, 2.45) is 5.92 Å². The van der Waals surface area contributed by atoms with E-state index in [1.807, 2.05) is 6.92 Å². The van der Waals surface area contributed by atoms with Gasteiger partial charge in [0.2, 0.25) is 0 Å². The highest BCUT2D eigenvalue weighted by Gasteiger charge is 2.37. The molecule has 0 aliphatic heterocycles. The smallest absolute Gasteiger partial charge is 0.389 e. The third-order valence-electron chi connectivity index (χ3n) is 5.89. The molecule has 1 aliphatic rings. The van der Waals surface area contributed by atoms with Gasteiger partial charge in [-0.15, -0.1) is 0 Å². The van der Waals surface area contributed by atoms with Crippen LogP contribution in [0.3, 0.4) is 0 Å². The fourth-order valence-corrected chi connectivity index (χ4v) is 4.00. The maximum atomic E-state index is 12.9. The van der Waals surface area contributed by atoms with Gasteiger partial charge in [-0.25, -0.2) is 4.79 Å². The molecule has 0 aromatic heterocycles. The minimum absolute atomic E-state index is 0.130. The summed E-state index contributed by atoms with van der Waals surface area (Å²) in [6.07, 6.45) is 0.731. The topological polar surface area (TPSA) is 44.8 Å². The van der Waals surface area contributed by atoms with E-state index in [1.54, 1.807) is 24.3 Å². The highest BCUT2D eigenvalue weighted by molar-refractivity contribution is 5.87. The van der Waals surface area contributed by atoms with E-state index in [-0.39, 0.29) is 18.3 Å². The van der Waals surface area contributed by atoms with Crippen molar-refractivity contribution in [1.82, 2.24) is 0 Å². The first-order valence-corrected chi connectivity index (χ1v) is 11.4. The fourth-order valence-electron chi connectivity index (χ4n) is 4.00.